The molecule has 1 heterocycles. The Morgan fingerprint density at radius 3 is 2.62 bits per heavy atom. The first-order valence-corrected chi connectivity index (χ1v) is 8.53. The molecule has 0 bridgehead atoms. The van der Waals surface area contributed by atoms with E-state index in [2.05, 4.69) is 4.98 Å². The normalized spacial score (nSPS) is 19.2. The maximum absolute atomic E-state index is 8.15. The van der Waals surface area contributed by atoms with Crippen LogP contribution in [0.15, 0.2) is 48.5 Å². The second-order valence-electron chi connectivity index (χ2n) is 5.80. The molecule has 0 fully saturated rings. The van der Waals surface area contributed by atoms with Gasteiger partial charge in [0.2, 0.25) is 0 Å². The Balaban J connectivity index is 1.99. The minimum atomic E-state index is -3.28. The van der Waals surface area contributed by atoms with Crippen molar-refractivity contribution in [1.82, 2.24) is 14.5 Å². The van der Waals surface area contributed by atoms with Crippen LogP contribution >= 0.6 is 0 Å². The topological polar surface area (TPSA) is 30.3 Å². The highest BCUT2D eigenvalue weighted by atomic mass is 16.5. The van der Waals surface area contributed by atoms with Crippen molar-refractivity contribution in [2.75, 3.05) is 26.1 Å². The third-order valence-corrected chi connectivity index (χ3v) is 4.15. The molecule has 0 N–H and O–H groups in total. The first-order chi connectivity index (χ1) is 16.6. The van der Waals surface area contributed by atoms with Crippen molar-refractivity contribution in [3.8, 4) is 5.75 Å². The summed E-state index contributed by atoms with van der Waals surface area (Å²) in [5, 5.41) is 0. The number of likely N-dealkylation sites (N-methyl/N-ethyl adjacent to an activating group) is 1. The molecule has 0 saturated carbocycles. The van der Waals surface area contributed by atoms with Gasteiger partial charge in [0.05, 0.1) is 17.6 Å². The molecule has 0 unspecified atom stereocenters. The van der Waals surface area contributed by atoms with Gasteiger partial charge in [-0.25, -0.2) is 4.98 Å². The molecule has 0 spiro atoms. The number of nitrogens with zero attached hydrogens (tertiary/aromatic N) is 3. The van der Waals surface area contributed by atoms with Crippen LogP contribution in [0.2, 0.25) is 0 Å². The SMILES string of the molecule is [2H]C([2H])([2H])C([2H])([2H])N(CCn1c(Cc2ccc(OCC)cc2)nc2ccccc21)C([2H])([2H])C([2H])([2H])[2H]. The standard InChI is InChI=1S/C22H29N3O/c1-4-24(5-2)15-16-25-21-10-8-7-9-20(21)23-22(25)17-18-11-13-19(14-12-18)26-6-3/h7-14H,4-6,15-17H2,1-3H3/i1D3,2D3,4D2,5D2. The largest absolute Gasteiger partial charge is 0.494 e. The van der Waals surface area contributed by atoms with Gasteiger partial charge in [0.15, 0.2) is 0 Å². The highest BCUT2D eigenvalue weighted by Gasteiger charge is 2.12. The molecule has 26 heavy (non-hydrogen) atoms. The van der Waals surface area contributed by atoms with Gasteiger partial charge in [-0.2, -0.15) is 0 Å². The number of hydrogen-bond donors (Lipinski definition) is 0. The van der Waals surface area contributed by atoms with Gasteiger partial charge >= 0.3 is 0 Å². The van der Waals surface area contributed by atoms with Crippen molar-refractivity contribution in [1.29, 1.82) is 0 Å². The number of benzene rings is 2. The summed E-state index contributed by atoms with van der Waals surface area (Å²) < 4.78 is 85.5. The van der Waals surface area contributed by atoms with E-state index in [4.69, 9.17) is 18.4 Å². The summed E-state index contributed by atoms with van der Waals surface area (Å²) in [5.41, 5.74) is 2.26. The number of ether oxygens (including phenoxy) is 1. The summed E-state index contributed by atoms with van der Waals surface area (Å²) in [7, 11) is 0. The minimum Gasteiger partial charge on any atom is -0.494 e. The van der Waals surface area contributed by atoms with Gasteiger partial charge in [-0.15, -0.1) is 0 Å². The molecule has 2 aromatic carbocycles. The van der Waals surface area contributed by atoms with Gasteiger partial charge in [-0.3, -0.25) is 0 Å². The molecule has 0 radical (unpaired) electrons. The summed E-state index contributed by atoms with van der Waals surface area (Å²) >= 11 is 0. The van der Waals surface area contributed by atoms with Crippen molar-refractivity contribution < 1.29 is 18.4 Å². The third kappa shape index (κ3) is 4.25. The minimum absolute atomic E-state index is 0.0853. The van der Waals surface area contributed by atoms with Crippen molar-refractivity contribution in [3.63, 3.8) is 0 Å². The van der Waals surface area contributed by atoms with E-state index >= 15 is 0 Å². The number of para-hydroxylation sites is 2. The third-order valence-electron chi connectivity index (χ3n) is 4.15. The number of aromatic nitrogens is 2. The van der Waals surface area contributed by atoms with Gasteiger partial charge in [-0.05, 0) is 49.7 Å². The molecule has 138 valence electrons. The second-order valence-corrected chi connectivity index (χ2v) is 5.80. The Bertz CT molecular complexity index is 1140. The van der Waals surface area contributed by atoms with Crippen LogP contribution in [-0.4, -0.2) is 40.6 Å². The zero-order valence-electron chi connectivity index (χ0n) is 24.7. The van der Waals surface area contributed by atoms with E-state index in [1.54, 1.807) is 22.8 Å². The lowest BCUT2D eigenvalue weighted by Gasteiger charge is -2.19. The summed E-state index contributed by atoms with van der Waals surface area (Å²) in [6.07, 6.45) is 0.388. The van der Waals surface area contributed by atoms with Crippen molar-refractivity contribution in [3.05, 3.63) is 59.9 Å². The molecular formula is C22H29N3O. The molecule has 1 aromatic heterocycles. The number of hydrogen-bond acceptors (Lipinski definition) is 3. The van der Waals surface area contributed by atoms with Crippen molar-refractivity contribution in [2.45, 2.75) is 33.6 Å². The molecular weight excluding hydrogens is 322 g/mol. The summed E-state index contributed by atoms with van der Waals surface area (Å²) in [6.45, 7) is -11.2. The van der Waals surface area contributed by atoms with Crippen LogP contribution in [-0.2, 0) is 13.0 Å². The van der Waals surface area contributed by atoms with Gasteiger partial charge in [-0.1, -0.05) is 38.0 Å². The van der Waals surface area contributed by atoms with Gasteiger partial charge in [0.1, 0.15) is 11.6 Å². The van der Waals surface area contributed by atoms with E-state index in [0.29, 0.717) is 29.9 Å². The molecule has 4 nitrogen and oxygen atoms in total. The quantitative estimate of drug-likeness (QED) is 0.567. The van der Waals surface area contributed by atoms with E-state index in [0.717, 1.165) is 11.3 Å². The molecule has 3 rings (SSSR count). The maximum Gasteiger partial charge on any atom is 0.119 e. The Kier molecular flexibility index (Phi) is 3.26. The highest BCUT2D eigenvalue weighted by molar-refractivity contribution is 5.76. The van der Waals surface area contributed by atoms with Crippen LogP contribution in [0, 0.1) is 0 Å². The predicted octanol–water partition coefficient (Wildman–Crippen LogP) is 4.37. The summed E-state index contributed by atoms with van der Waals surface area (Å²) in [4.78, 5) is 4.96. The zero-order valence-corrected chi connectivity index (χ0v) is 14.7. The molecule has 0 aliphatic carbocycles. The summed E-state index contributed by atoms with van der Waals surface area (Å²) in [6, 6.07) is 14.7. The number of fused-ring (bicyclic) bond motifs is 1. The van der Waals surface area contributed by atoms with Crippen molar-refractivity contribution >= 4 is 11.0 Å². The van der Waals surface area contributed by atoms with E-state index in [1.165, 1.54) is 0 Å². The van der Waals surface area contributed by atoms with Gasteiger partial charge in [0.25, 0.3) is 0 Å². The molecule has 0 saturated heterocycles. The fraction of sp³-hybridized carbons (Fsp3) is 0.409. The fourth-order valence-electron chi connectivity index (χ4n) is 2.90. The summed E-state index contributed by atoms with van der Waals surface area (Å²) in [5.74, 6) is 1.31. The fourth-order valence-corrected chi connectivity index (χ4v) is 2.90. The first-order valence-electron chi connectivity index (χ1n) is 13.5. The number of rotatable bonds is 9. The van der Waals surface area contributed by atoms with E-state index < -0.39 is 33.2 Å². The zero-order chi connectivity index (χ0) is 26.9. The lowest BCUT2D eigenvalue weighted by molar-refractivity contribution is 0.291. The molecule has 4 heteroatoms. The molecule has 0 aliphatic rings. The van der Waals surface area contributed by atoms with Crippen LogP contribution in [0.4, 0.5) is 0 Å². The van der Waals surface area contributed by atoms with Gasteiger partial charge < -0.3 is 14.2 Å². The van der Waals surface area contributed by atoms with Crippen LogP contribution < -0.4 is 4.74 Å². The van der Waals surface area contributed by atoms with Crippen molar-refractivity contribution in [2.24, 2.45) is 0 Å². The Hall–Kier alpha value is -2.33. The lowest BCUT2D eigenvalue weighted by Crippen LogP contribution is -2.27. The Morgan fingerprint density at radius 1 is 1.12 bits per heavy atom. The van der Waals surface area contributed by atoms with Gasteiger partial charge in [0, 0.05) is 33.2 Å². The molecule has 3 aromatic rings. The highest BCUT2D eigenvalue weighted by Crippen LogP contribution is 2.20. The smallest absolute Gasteiger partial charge is 0.119 e. The molecule has 0 aliphatic heterocycles. The van der Waals surface area contributed by atoms with Crippen LogP contribution in [0.25, 0.3) is 11.0 Å². The van der Waals surface area contributed by atoms with Crippen LogP contribution in [0.1, 0.15) is 45.7 Å². The second kappa shape index (κ2) is 8.86. The Morgan fingerprint density at radius 2 is 1.88 bits per heavy atom. The van der Waals surface area contributed by atoms with E-state index in [9.17, 15) is 0 Å². The maximum atomic E-state index is 8.15. The van der Waals surface area contributed by atoms with Crippen LogP contribution in [0.3, 0.4) is 0 Å². The monoisotopic (exact) mass is 361 g/mol. The molecule has 0 amide bonds. The molecule has 0 atom stereocenters. The average Bonchev–Trinajstić information content (AvgIpc) is 3.10. The predicted molar refractivity (Wildman–Crippen MR) is 108 cm³/mol. The number of imidazole rings is 1. The van der Waals surface area contributed by atoms with E-state index in [-0.39, 0.29) is 11.4 Å². The average molecular weight is 362 g/mol. The van der Waals surface area contributed by atoms with Crippen LogP contribution in [0.5, 0.6) is 5.75 Å². The first kappa shape index (κ1) is 9.56. The Labute approximate surface area is 170 Å². The van der Waals surface area contributed by atoms with E-state index in [1.807, 2.05) is 37.3 Å². The lowest BCUT2D eigenvalue weighted by atomic mass is 10.1.